The highest BCUT2D eigenvalue weighted by Crippen LogP contribution is 2.35. The highest BCUT2D eigenvalue weighted by molar-refractivity contribution is 6.37. The van der Waals surface area contributed by atoms with Crippen molar-refractivity contribution in [1.29, 1.82) is 0 Å². The van der Waals surface area contributed by atoms with E-state index in [0.29, 0.717) is 27.4 Å². The number of ether oxygens (including phenoxy) is 1. The highest BCUT2D eigenvalue weighted by atomic mass is 35.5. The van der Waals surface area contributed by atoms with Gasteiger partial charge in [-0.3, -0.25) is 10.1 Å². The van der Waals surface area contributed by atoms with Crippen LogP contribution in [-0.2, 0) is 13.2 Å². The van der Waals surface area contributed by atoms with Gasteiger partial charge in [0.25, 0.3) is 5.69 Å². The van der Waals surface area contributed by atoms with Crippen molar-refractivity contribution in [3.63, 3.8) is 0 Å². The molecule has 0 fully saturated rings. The summed E-state index contributed by atoms with van der Waals surface area (Å²) in [5.41, 5.74) is 3.70. The van der Waals surface area contributed by atoms with Crippen molar-refractivity contribution in [2.75, 3.05) is 5.32 Å². The number of nitro groups is 1. The third kappa shape index (κ3) is 5.54. The SMILES string of the molecule is Cc1ccc(Cl)cc1NCc1cc(Cl)c(OCc2ccc([N+](=O)[O-])cc2)c(Cl)c1. The Morgan fingerprint density at radius 1 is 0.966 bits per heavy atom. The number of anilines is 1. The second-order valence-corrected chi connectivity index (χ2v) is 7.66. The van der Waals surface area contributed by atoms with Crippen molar-refractivity contribution < 1.29 is 9.66 Å². The van der Waals surface area contributed by atoms with Crippen LogP contribution in [-0.4, -0.2) is 4.92 Å². The summed E-state index contributed by atoms with van der Waals surface area (Å²) in [5.74, 6) is 0.370. The molecule has 0 saturated heterocycles. The number of hydrogen-bond acceptors (Lipinski definition) is 4. The van der Waals surface area contributed by atoms with E-state index < -0.39 is 4.92 Å². The number of aryl methyl sites for hydroxylation is 1. The van der Waals surface area contributed by atoms with E-state index in [1.807, 2.05) is 25.1 Å². The van der Waals surface area contributed by atoms with Crippen LogP contribution in [0.1, 0.15) is 16.7 Å². The molecule has 0 heterocycles. The monoisotopic (exact) mass is 450 g/mol. The molecule has 3 aromatic rings. The topological polar surface area (TPSA) is 64.4 Å². The van der Waals surface area contributed by atoms with Crippen molar-refractivity contribution in [2.45, 2.75) is 20.1 Å². The number of nitrogens with one attached hydrogen (secondary N) is 1. The normalized spacial score (nSPS) is 10.6. The van der Waals surface area contributed by atoms with Gasteiger partial charge < -0.3 is 10.1 Å². The van der Waals surface area contributed by atoms with Crippen LogP contribution >= 0.6 is 34.8 Å². The maximum atomic E-state index is 10.7. The van der Waals surface area contributed by atoms with E-state index in [9.17, 15) is 10.1 Å². The van der Waals surface area contributed by atoms with Crippen LogP contribution in [0.15, 0.2) is 54.6 Å². The molecule has 3 rings (SSSR count). The van der Waals surface area contributed by atoms with Crippen molar-refractivity contribution in [3.05, 3.63) is 96.5 Å². The van der Waals surface area contributed by atoms with Crippen LogP contribution in [0.3, 0.4) is 0 Å². The average molecular weight is 452 g/mol. The van der Waals surface area contributed by atoms with Crippen LogP contribution in [0.2, 0.25) is 15.1 Å². The number of halogens is 3. The van der Waals surface area contributed by atoms with Gasteiger partial charge in [0.2, 0.25) is 0 Å². The number of benzene rings is 3. The van der Waals surface area contributed by atoms with E-state index in [4.69, 9.17) is 39.5 Å². The highest BCUT2D eigenvalue weighted by Gasteiger charge is 2.11. The van der Waals surface area contributed by atoms with Crippen LogP contribution < -0.4 is 10.1 Å². The first-order chi connectivity index (χ1) is 13.8. The zero-order valence-electron chi connectivity index (χ0n) is 15.4. The van der Waals surface area contributed by atoms with E-state index in [1.54, 1.807) is 24.3 Å². The summed E-state index contributed by atoms with van der Waals surface area (Å²) in [6, 6.07) is 15.3. The quantitative estimate of drug-likeness (QED) is 0.308. The molecule has 0 aliphatic heterocycles. The molecule has 0 amide bonds. The number of nitro benzene ring substituents is 1. The third-order valence-electron chi connectivity index (χ3n) is 4.27. The summed E-state index contributed by atoms with van der Waals surface area (Å²) < 4.78 is 5.73. The molecule has 0 saturated carbocycles. The zero-order valence-corrected chi connectivity index (χ0v) is 17.7. The minimum Gasteiger partial charge on any atom is -0.486 e. The Kier molecular flexibility index (Phi) is 6.85. The lowest BCUT2D eigenvalue weighted by molar-refractivity contribution is -0.384. The largest absolute Gasteiger partial charge is 0.486 e. The molecule has 29 heavy (non-hydrogen) atoms. The molecule has 0 atom stereocenters. The van der Waals surface area contributed by atoms with Gasteiger partial charge in [0, 0.05) is 29.4 Å². The van der Waals surface area contributed by atoms with Gasteiger partial charge in [0.15, 0.2) is 5.75 Å². The molecule has 5 nitrogen and oxygen atoms in total. The Balaban J connectivity index is 1.67. The third-order valence-corrected chi connectivity index (χ3v) is 5.07. The second kappa shape index (κ2) is 9.35. The fourth-order valence-electron chi connectivity index (χ4n) is 2.70. The zero-order chi connectivity index (χ0) is 21.0. The number of nitrogens with zero attached hydrogens (tertiary/aromatic N) is 1. The van der Waals surface area contributed by atoms with E-state index in [2.05, 4.69) is 5.32 Å². The summed E-state index contributed by atoms with van der Waals surface area (Å²) >= 11 is 18.8. The van der Waals surface area contributed by atoms with Crippen molar-refractivity contribution in [1.82, 2.24) is 0 Å². The van der Waals surface area contributed by atoms with Crippen LogP contribution in [0.5, 0.6) is 5.75 Å². The first-order valence-corrected chi connectivity index (χ1v) is 9.81. The minimum atomic E-state index is -0.448. The van der Waals surface area contributed by atoms with Gasteiger partial charge in [-0.25, -0.2) is 0 Å². The number of non-ortho nitro benzene ring substituents is 1. The van der Waals surface area contributed by atoms with Gasteiger partial charge in [0.1, 0.15) is 6.61 Å². The Bertz CT molecular complexity index is 1020. The lowest BCUT2D eigenvalue weighted by Gasteiger charge is -2.14. The maximum absolute atomic E-state index is 10.7. The molecule has 150 valence electrons. The van der Waals surface area contributed by atoms with E-state index in [-0.39, 0.29) is 12.3 Å². The Hall–Kier alpha value is -2.47. The Morgan fingerprint density at radius 2 is 1.62 bits per heavy atom. The van der Waals surface area contributed by atoms with Crippen LogP contribution in [0, 0.1) is 17.0 Å². The molecule has 0 radical (unpaired) electrons. The fourth-order valence-corrected chi connectivity index (χ4v) is 3.52. The lowest BCUT2D eigenvalue weighted by atomic mass is 10.1. The molecule has 0 aliphatic carbocycles. The van der Waals surface area contributed by atoms with Gasteiger partial charge in [-0.05, 0) is 60.0 Å². The van der Waals surface area contributed by atoms with Gasteiger partial charge >= 0.3 is 0 Å². The Morgan fingerprint density at radius 3 is 2.24 bits per heavy atom. The molecular weight excluding hydrogens is 435 g/mol. The summed E-state index contributed by atoms with van der Waals surface area (Å²) in [4.78, 5) is 10.3. The maximum Gasteiger partial charge on any atom is 0.269 e. The standard InChI is InChI=1S/C21H17Cl3N2O3/c1-13-2-5-16(22)10-20(13)25-11-15-8-18(23)21(19(24)9-15)29-12-14-3-6-17(7-4-14)26(27)28/h2-10,25H,11-12H2,1H3. The molecule has 0 spiro atoms. The first kappa shape index (κ1) is 21.2. The average Bonchev–Trinajstić information content (AvgIpc) is 2.68. The minimum absolute atomic E-state index is 0.0246. The van der Waals surface area contributed by atoms with E-state index in [0.717, 1.165) is 22.4 Å². The molecule has 8 heteroatoms. The van der Waals surface area contributed by atoms with Gasteiger partial charge in [-0.1, -0.05) is 40.9 Å². The molecule has 0 aliphatic rings. The van der Waals surface area contributed by atoms with Gasteiger partial charge in [0.05, 0.1) is 15.0 Å². The van der Waals surface area contributed by atoms with Gasteiger partial charge in [-0.15, -0.1) is 0 Å². The molecule has 0 aromatic heterocycles. The molecule has 0 unspecified atom stereocenters. The summed E-state index contributed by atoms with van der Waals surface area (Å²) in [6.07, 6.45) is 0. The summed E-state index contributed by atoms with van der Waals surface area (Å²) in [7, 11) is 0. The summed E-state index contributed by atoms with van der Waals surface area (Å²) in [6.45, 7) is 2.70. The van der Waals surface area contributed by atoms with Crippen LogP contribution in [0.4, 0.5) is 11.4 Å². The molecule has 1 N–H and O–H groups in total. The second-order valence-electron chi connectivity index (χ2n) is 6.41. The van der Waals surface area contributed by atoms with Crippen molar-refractivity contribution in [2.24, 2.45) is 0 Å². The van der Waals surface area contributed by atoms with E-state index >= 15 is 0 Å². The smallest absolute Gasteiger partial charge is 0.269 e. The Labute approximate surface area is 183 Å². The number of rotatable bonds is 7. The predicted molar refractivity (Wildman–Crippen MR) is 117 cm³/mol. The first-order valence-electron chi connectivity index (χ1n) is 8.67. The summed E-state index contributed by atoms with van der Waals surface area (Å²) in [5, 5.41) is 15.5. The molecule has 0 bridgehead atoms. The van der Waals surface area contributed by atoms with Crippen molar-refractivity contribution >= 4 is 46.2 Å². The number of hydrogen-bond donors (Lipinski definition) is 1. The molecule has 3 aromatic carbocycles. The van der Waals surface area contributed by atoms with Crippen LogP contribution in [0.25, 0.3) is 0 Å². The fraction of sp³-hybridized carbons (Fsp3) is 0.143. The lowest BCUT2D eigenvalue weighted by Crippen LogP contribution is -2.02. The van der Waals surface area contributed by atoms with E-state index in [1.165, 1.54) is 12.1 Å². The van der Waals surface area contributed by atoms with Crippen molar-refractivity contribution in [3.8, 4) is 5.75 Å². The predicted octanol–water partition coefficient (Wildman–Crippen LogP) is 7.05. The van der Waals surface area contributed by atoms with Gasteiger partial charge in [-0.2, -0.15) is 0 Å². The molecular formula is C21H17Cl3N2O3.